The maximum absolute atomic E-state index is 14.5. The SMILES string of the molecule is Cc1cc(C(F)(C(F)(F)F)C(F)(F)F)cc(C)c1NC(=O)c1cccc(NC(=O)c2cccnc2F)c1.O=C(Nc1cccc(C(=O)Nc2c(I)cc(C(F)(C(F)(F)F)C(F)(F)F)cc2I)c1)c1ccccc1.O=C(Nc1cccc(C(=O)Nc2c(I)cc(C(F)(F)F)cc2C(F)(F)F)c1)c1ccccc1. The summed E-state index contributed by atoms with van der Waals surface area (Å²) in [7, 11) is 0. The largest absolute Gasteiger partial charge is 0.435 e. The van der Waals surface area contributed by atoms with Gasteiger partial charge in [0.25, 0.3) is 35.4 Å². The van der Waals surface area contributed by atoms with Crippen molar-refractivity contribution in [3.05, 3.63) is 272 Å². The standard InChI is InChI=1S/C24H17F8N3O2.C23H13F7I2N2O2.C22H13F6IN2O2/c1-12-9-15(22(26,23(27,28)29)24(30,31)32)10-13(2)18(12)35-20(36)14-5-3-6-16(11-14)34-21(37)17-7-4-8-33-19(17)25;24-21(22(25,26)27,23(28,29)30)14-10-16(31)18(17(32)11-14)34-20(36)13-7-4-8-15(9-13)33-19(35)12-5-2-1-3-6-12;23-21(24,25)14-10-16(22(26,27)28)18(17(29)11-14)31-20(33)13-7-4-8-15(9-13)30-19(32)12-5-2-1-3-6-12/h3-11H,1-2H3,(H,34,37)(H,35,36);1-11H,(H,33,35)(H,34,36);1-11H,(H,30,32)(H,31,33). The molecule has 6 amide bonds. The van der Waals surface area contributed by atoms with Crippen LogP contribution in [0.25, 0.3) is 0 Å². The number of anilines is 6. The second-order valence-corrected chi connectivity index (χ2v) is 25.5. The second kappa shape index (κ2) is 33.1. The Morgan fingerprint density at radius 2 is 0.642 bits per heavy atom. The molecule has 9 aromatic rings. The zero-order valence-corrected chi connectivity index (χ0v) is 59.3. The number of pyridine rings is 1. The molecule has 0 unspecified atom stereocenters. The van der Waals surface area contributed by atoms with Crippen molar-refractivity contribution in [2.45, 2.75) is 62.2 Å². The summed E-state index contributed by atoms with van der Waals surface area (Å²) in [6.07, 6.45) is -34.1. The van der Waals surface area contributed by atoms with E-state index in [0.717, 1.165) is 20.0 Å². The summed E-state index contributed by atoms with van der Waals surface area (Å²) in [5.74, 6) is -5.35. The molecule has 0 saturated carbocycles. The van der Waals surface area contributed by atoms with Crippen molar-refractivity contribution >= 4 is 137 Å². The van der Waals surface area contributed by atoms with E-state index in [1.54, 1.807) is 60.7 Å². The van der Waals surface area contributed by atoms with Gasteiger partial charge in [0.1, 0.15) is 0 Å². The number of benzene rings is 8. The zero-order chi connectivity index (χ0) is 79.0. The molecule has 1 heterocycles. The molecule has 0 atom stereocenters. The van der Waals surface area contributed by atoms with Crippen molar-refractivity contribution in [1.82, 2.24) is 4.98 Å². The number of halogens is 24. The van der Waals surface area contributed by atoms with Gasteiger partial charge in [-0.2, -0.15) is 83.4 Å². The van der Waals surface area contributed by atoms with Gasteiger partial charge in [-0.3, -0.25) is 28.8 Å². The van der Waals surface area contributed by atoms with Crippen LogP contribution in [0.15, 0.2) is 188 Å². The van der Waals surface area contributed by atoms with E-state index in [2.05, 4.69) is 31.6 Å². The first-order chi connectivity index (χ1) is 49.1. The summed E-state index contributed by atoms with van der Waals surface area (Å²) >= 11 is 4.13. The van der Waals surface area contributed by atoms with Crippen molar-refractivity contribution < 1.29 is 121 Å². The number of hydrogen-bond donors (Lipinski definition) is 6. The average Bonchev–Trinajstić information content (AvgIpc) is 0.744. The van der Waals surface area contributed by atoms with Gasteiger partial charge in [0.05, 0.1) is 28.1 Å². The molecule has 9 rings (SSSR count). The molecule has 0 saturated heterocycles. The highest BCUT2D eigenvalue weighted by Gasteiger charge is 2.74. The van der Waals surface area contributed by atoms with Crippen LogP contribution in [-0.2, 0) is 23.7 Å². The van der Waals surface area contributed by atoms with E-state index in [0.29, 0.717) is 41.5 Å². The Morgan fingerprint density at radius 3 is 1.00 bits per heavy atom. The first kappa shape index (κ1) is 83.7. The van der Waals surface area contributed by atoms with Gasteiger partial charge in [0, 0.05) is 78.6 Å². The van der Waals surface area contributed by atoms with Crippen LogP contribution in [0.1, 0.15) is 95.5 Å². The van der Waals surface area contributed by atoms with Crippen LogP contribution >= 0.6 is 67.8 Å². The fourth-order valence-electron chi connectivity index (χ4n) is 9.46. The molecule has 1 aromatic heterocycles. The Hall–Kier alpha value is -9.55. The van der Waals surface area contributed by atoms with E-state index < -0.39 is 121 Å². The topological polar surface area (TPSA) is 187 Å². The van der Waals surface area contributed by atoms with Crippen molar-refractivity contribution in [2.75, 3.05) is 31.9 Å². The minimum atomic E-state index is -6.28. The lowest BCUT2D eigenvalue weighted by molar-refractivity contribution is -0.349. The van der Waals surface area contributed by atoms with Gasteiger partial charge in [-0.1, -0.05) is 66.7 Å². The van der Waals surface area contributed by atoms with Gasteiger partial charge >= 0.3 is 48.4 Å². The fraction of sp³-hybridized carbons (Fsp3) is 0.145. The number of nitrogens with one attached hydrogen (secondary N) is 6. The third kappa shape index (κ3) is 19.9. The Labute approximate surface area is 624 Å². The lowest BCUT2D eigenvalue weighted by Crippen LogP contribution is -2.50. The van der Waals surface area contributed by atoms with Crippen molar-refractivity contribution in [3.63, 3.8) is 0 Å². The van der Waals surface area contributed by atoms with Crippen LogP contribution in [0.4, 0.5) is 126 Å². The van der Waals surface area contributed by atoms with Crippen LogP contribution in [-0.4, -0.2) is 65.1 Å². The molecule has 8 aromatic carbocycles. The molecule has 0 fully saturated rings. The van der Waals surface area contributed by atoms with Crippen LogP contribution in [0.5, 0.6) is 0 Å². The summed E-state index contributed by atoms with van der Waals surface area (Å²) in [6.45, 7) is 2.22. The van der Waals surface area contributed by atoms with Gasteiger partial charge in [-0.25, -0.2) is 13.8 Å². The lowest BCUT2D eigenvalue weighted by Gasteiger charge is -2.31. The van der Waals surface area contributed by atoms with Crippen LogP contribution < -0.4 is 31.9 Å². The monoisotopic (exact) mass is 1850 g/mol. The number of amides is 6. The second-order valence-electron chi connectivity index (χ2n) is 22.0. The molecule has 106 heavy (non-hydrogen) atoms. The number of nitrogens with zero attached hydrogens (tertiary/aromatic N) is 1. The minimum Gasteiger partial charge on any atom is -0.322 e. The van der Waals surface area contributed by atoms with Gasteiger partial charge in [-0.15, -0.1) is 0 Å². The van der Waals surface area contributed by atoms with Gasteiger partial charge in [-0.05, 0) is 208 Å². The molecule has 0 radical (unpaired) electrons. The fourth-order valence-corrected chi connectivity index (χ4v) is 12.3. The normalized spacial score (nSPS) is 12.1. The number of aromatic nitrogens is 1. The zero-order valence-electron chi connectivity index (χ0n) is 52.9. The van der Waals surface area contributed by atoms with E-state index in [-0.39, 0.29) is 75.0 Å². The third-order valence-electron chi connectivity index (χ3n) is 14.6. The predicted molar refractivity (Wildman–Crippen MR) is 371 cm³/mol. The molecule has 0 aliphatic rings. The van der Waals surface area contributed by atoms with Crippen molar-refractivity contribution in [2.24, 2.45) is 0 Å². The van der Waals surface area contributed by atoms with Crippen LogP contribution in [0.3, 0.4) is 0 Å². The highest BCUT2D eigenvalue weighted by molar-refractivity contribution is 14.1. The molecule has 13 nitrogen and oxygen atoms in total. The molecule has 37 heteroatoms. The molecule has 558 valence electrons. The van der Waals surface area contributed by atoms with E-state index in [1.807, 2.05) is 5.32 Å². The number of carbonyl (C=O) groups excluding carboxylic acids is 6. The lowest BCUT2D eigenvalue weighted by atomic mass is 9.90. The van der Waals surface area contributed by atoms with E-state index in [4.69, 9.17) is 0 Å². The van der Waals surface area contributed by atoms with E-state index >= 15 is 0 Å². The Morgan fingerprint density at radius 1 is 0.321 bits per heavy atom. The van der Waals surface area contributed by atoms with Gasteiger partial charge in [0.2, 0.25) is 5.95 Å². The third-order valence-corrected chi connectivity index (χ3v) is 17.1. The molecular weight excluding hydrogens is 1800 g/mol. The summed E-state index contributed by atoms with van der Waals surface area (Å²) in [5, 5.41) is 14.4. The summed E-state index contributed by atoms with van der Waals surface area (Å²) in [5.41, 5.74) is -18.4. The maximum atomic E-state index is 14.5. The van der Waals surface area contributed by atoms with E-state index in [9.17, 15) is 121 Å². The molecule has 0 spiro atoms. The van der Waals surface area contributed by atoms with Gasteiger partial charge < -0.3 is 31.9 Å². The Bertz CT molecular complexity index is 4710. The minimum absolute atomic E-state index is 0.0435. The first-order valence-electron chi connectivity index (χ1n) is 29.2. The number of carbonyl (C=O) groups is 6. The summed E-state index contributed by atoms with van der Waals surface area (Å²) < 4.78 is 278. The number of rotatable bonds is 14. The Kier molecular flexibility index (Phi) is 26.1. The highest BCUT2D eigenvalue weighted by Crippen LogP contribution is 2.56. The molecule has 6 N–H and O–H groups in total. The molecule has 0 aliphatic carbocycles. The van der Waals surface area contributed by atoms with Gasteiger partial charge in [0.15, 0.2) is 0 Å². The first-order valence-corrected chi connectivity index (χ1v) is 32.4. The number of alkyl halides is 20. The Balaban J connectivity index is 0.000000222. The molecule has 0 bridgehead atoms. The highest BCUT2D eigenvalue weighted by atomic mass is 127. The quantitative estimate of drug-likeness (QED) is 0.0355. The van der Waals surface area contributed by atoms with Crippen molar-refractivity contribution in [1.29, 1.82) is 0 Å². The average molecular weight is 1850 g/mol. The predicted octanol–water partition coefficient (Wildman–Crippen LogP) is 21.2. The molecular formula is C69H43F21I3N7O6. The molecule has 0 aliphatic heterocycles. The summed E-state index contributed by atoms with van der Waals surface area (Å²) in [4.78, 5) is 78.4. The van der Waals surface area contributed by atoms with Crippen LogP contribution in [0.2, 0.25) is 0 Å². The van der Waals surface area contributed by atoms with Crippen molar-refractivity contribution in [3.8, 4) is 0 Å². The maximum Gasteiger partial charge on any atom is 0.435 e. The van der Waals surface area contributed by atoms with E-state index in [1.165, 1.54) is 153 Å². The smallest absolute Gasteiger partial charge is 0.322 e. The number of hydrogen-bond acceptors (Lipinski definition) is 7. The summed E-state index contributed by atoms with van der Waals surface area (Å²) in [6, 6.07) is 37.3. The van der Waals surface area contributed by atoms with Crippen LogP contribution in [0, 0.1) is 30.5 Å². The number of aryl methyl sites for hydroxylation is 2.